The molecule has 12 rings (SSSR count). The van der Waals surface area contributed by atoms with Gasteiger partial charge in [0.05, 0.1) is 34.2 Å². The molecule has 0 aliphatic carbocycles. The minimum absolute atomic E-state index is 0.0332. The first-order valence-electron chi connectivity index (χ1n) is 21.0. The molecular formula is C56H37N5S. The number of nitrogens with zero attached hydrogens (tertiary/aromatic N) is 5. The summed E-state index contributed by atoms with van der Waals surface area (Å²) < 4.78 is 4.93. The van der Waals surface area contributed by atoms with Crippen molar-refractivity contribution in [1.29, 1.82) is 0 Å². The number of benzene rings is 6. The first-order valence-corrected chi connectivity index (χ1v) is 21.8. The van der Waals surface area contributed by atoms with Gasteiger partial charge in [0.1, 0.15) is 0 Å². The fourth-order valence-electron chi connectivity index (χ4n) is 9.27. The highest BCUT2D eigenvalue weighted by molar-refractivity contribution is 7.25. The third-order valence-corrected chi connectivity index (χ3v) is 13.3. The molecule has 292 valence electrons. The van der Waals surface area contributed by atoms with Gasteiger partial charge in [0.2, 0.25) is 0 Å². The van der Waals surface area contributed by atoms with Crippen molar-refractivity contribution in [3.05, 3.63) is 206 Å². The molecule has 0 spiro atoms. The molecule has 0 saturated carbocycles. The molecule has 0 saturated heterocycles. The van der Waals surface area contributed by atoms with Crippen LogP contribution in [0.5, 0.6) is 0 Å². The van der Waals surface area contributed by atoms with E-state index in [1.54, 1.807) is 0 Å². The van der Waals surface area contributed by atoms with E-state index in [0.717, 1.165) is 79.2 Å². The fraction of sp³-hybridized carbons (Fsp3) is 0.0357. The van der Waals surface area contributed by atoms with Gasteiger partial charge in [-0.25, -0.2) is 0 Å². The van der Waals surface area contributed by atoms with Crippen molar-refractivity contribution >= 4 is 59.5 Å². The summed E-state index contributed by atoms with van der Waals surface area (Å²) in [5.41, 5.74) is 15.5. The molecule has 1 atom stereocenters. The van der Waals surface area contributed by atoms with E-state index in [2.05, 4.69) is 162 Å². The average molecular weight is 812 g/mol. The SMILES string of the molecule is C1=CCC(c2cc3c(cc2-c2ccccn2)sc2ccc(-n4c5ccc(-c6ccccc6-c6ccccn6)cc5c5cc(-c6ccccc6-c6ccccn6)ccc54)cc23)N=C1. The zero-order chi connectivity index (χ0) is 41.0. The highest BCUT2D eigenvalue weighted by Gasteiger charge is 2.21. The van der Waals surface area contributed by atoms with Crippen LogP contribution in [0.3, 0.4) is 0 Å². The third-order valence-electron chi connectivity index (χ3n) is 12.2. The lowest BCUT2D eigenvalue weighted by molar-refractivity contribution is 0.743. The molecule has 0 radical (unpaired) electrons. The van der Waals surface area contributed by atoms with Gasteiger partial charge in [0, 0.05) is 78.1 Å². The maximum absolute atomic E-state index is 4.94. The molecule has 11 aromatic rings. The lowest BCUT2D eigenvalue weighted by atomic mass is 9.93. The van der Waals surface area contributed by atoms with Crippen LogP contribution in [0, 0.1) is 0 Å². The number of hydrogen-bond donors (Lipinski definition) is 0. The predicted octanol–water partition coefficient (Wildman–Crippen LogP) is 14.7. The number of rotatable bonds is 7. The molecule has 1 unspecified atom stereocenters. The van der Waals surface area contributed by atoms with Crippen molar-refractivity contribution in [1.82, 2.24) is 19.5 Å². The molecule has 6 heterocycles. The maximum atomic E-state index is 4.94. The molecule has 5 aromatic heterocycles. The molecule has 0 bridgehead atoms. The Bertz CT molecular complexity index is 3410. The summed E-state index contributed by atoms with van der Waals surface area (Å²) in [6.07, 6.45) is 12.6. The van der Waals surface area contributed by atoms with Gasteiger partial charge < -0.3 is 4.57 Å². The van der Waals surface area contributed by atoms with Gasteiger partial charge in [-0.05, 0) is 131 Å². The second-order valence-electron chi connectivity index (χ2n) is 15.7. The summed E-state index contributed by atoms with van der Waals surface area (Å²) in [5.74, 6) is 0. The molecule has 0 amide bonds. The van der Waals surface area contributed by atoms with E-state index < -0.39 is 0 Å². The second kappa shape index (κ2) is 15.0. The normalized spacial score (nSPS) is 13.8. The van der Waals surface area contributed by atoms with Crippen molar-refractivity contribution < 1.29 is 0 Å². The minimum Gasteiger partial charge on any atom is -0.309 e. The van der Waals surface area contributed by atoms with Crippen LogP contribution in [0.25, 0.3) is 104 Å². The van der Waals surface area contributed by atoms with E-state index in [0.29, 0.717) is 0 Å². The van der Waals surface area contributed by atoms with Gasteiger partial charge in [-0.2, -0.15) is 0 Å². The number of aromatic nitrogens is 4. The monoisotopic (exact) mass is 811 g/mol. The van der Waals surface area contributed by atoms with Crippen LogP contribution >= 0.6 is 11.3 Å². The van der Waals surface area contributed by atoms with Crippen LogP contribution in [-0.2, 0) is 0 Å². The lowest BCUT2D eigenvalue weighted by Crippen LogP contribution is -2.01. The Kier molecular flexibility index (Phi) is 8.75. The Labute approximate surface area is 362 Å². The van der Waals surface area contributed by atoms with Gasteiger partial charge in [0.25, 0.3) is 0 Å². The van der Waals surface area contributed by atoms with Gasteiger partial charge >= 0.3 is 0 Å². The Hall–Kier alpha value is -7.80. The van der Waals surface area contributed by atoms with E-state index >= 15 is 0 Å². The second-order valence-corrected chi connectivity index (χ2v) is 16.8. The molecule has 6 heteroatoms. The number of pyridine rings is 3. The van der Waals surface area contributed by atoms with Crippen LogP contribution in [0.1, 0.15) is 18.0 Å². The molecule has 0 fully saturated rings. The number of allylic oxidation sites excluding steroid dienone is 1. The number of hydrogen-bond acceptors (Lipinski definition) is 5. The number of aliphatic imine (C=N–C) groups is 1. The van der Waals surface area contributed by atoms with Gasteiger partial charge in [-0.3, -0.25) is 19.9 Å². The molecule has 0 N–H and O–H groups in total. The van der Waals surface area contributed by atoms with Gasteiger partial charge in [-0.15, -0.1) is 11.3 Å². The predicted molar refractivity (Wildman–Crippen MR) is 259 cm³/mol. The molecule has 5 nitrogen and oxygen atoms in total. The van der Waals surface area contributed by atoms with Crippen LogP contribution in [0.15, 0.2) is 206 Å². The van der Waals surface area contributed by atoms with Crippen molar-refractivity contribution in [3.8, 4) is 61.7 Å². The summed E-state index contributed by atoms with van der Waals surface area (Å²) in [5, 5.41) is 4.86. The van der Waals surface area contributed by atoms with Crippen molar-refractivity contribution in [2.75, 3.05) is 0 Å². The quantitative estimate of drug-likeness (QED) is 0.161. The Morgan fingerprint density at radius 3 is 1.55 bits per heavy atom. The Morgan fingerprint density at radius 1 is 0.452 bits per heavy atom. The highest BCUT2D eigenvalue weighted by atomic mass is 32.1. The molecular weight excluding hydrogens is 775 g/mol. The largest absolute Gasteiger partial charge is 0.309 e. The summed E-state index contributed by atoms with van der Waals surface area (Å²) in [6, 6.07) is 61.1. The first kappa shape index (κ1) is 36.1. The van der Waals surface area contributed by atoms with Crippen molar-refractivity contribution in [2.45, 2.75) is 12.5 Å². The summed E-state index contributed by atoms with van der Waals surface area (Å²) in [7, 11) is 0. The third kappa shape index (κ3) is 6.15. The van der Waals surface area contributed by atoms with Gasteiger partial charge in [0.15, 0.2) is 0 Å². The lowest BCUT2D eigenvalue weighted by Gasteiger charge is -2.18. The van der Waals surface area contributed by atoms with Crippen LogP contribution in [-0.4, -0.2) is 25.7 Å². The fourth-order valence-corrected chi connectivity index (χ4v) is 10.4. The average Bonchev–Trinajstić information content (AvgIpc) is 3.88. The molecule has 1 aliphatic rings. The summed E-state index contributed by atoms with van der Waals surface area (Å²) in [4.78, 5) is 19.2. The maximum Gasteiger partial charge on any atom is 0.0790 e. The van der Waals surface area contributed by atoms with Gasteiger partial charge in [-0.1, -0.05) is 84.9 Å². The van der Waals surface area contributed by atoms with E-state index in [1.807, 2.05) is 60.4 Å². The van der Waals surface area contributed by atoms with E-state index in [9.17, 15) is 0 Å². The summed E-state index contributed by atoms with van der Waals surface area (Å²) >= 11 is 1.84. The molecule has 6 aromatic carbocycles. The Balaban J connectivity index is 1.08. The summed E-state index contributed by atoms with van der Waals surface area (Å²) in [6.45, 7) is 0. The zero-order valence-corrected chi connectivity index (χ0v) is 34.4. The van der Waals surface area contributed by atoms with Crippen LogP contribution < -0.4 is 0 Å². The Morgan fingerprint density at radius 2 is 1.00 bits per heavy atom. The van der Waals surface area contributed by atoms with Crippen LogP contribution in [0.2, 0.25) is 0 Å². The van der Waals surface area contributed by atoms with E-state index in [4.69, 9.17) is 19.9 Å². The first-order chi connectivity index (χ1) is 30.7. The number of fused-ring (bicyclic) bond motifs is 6. The molecule has 62 heavy (non-hydrogen) atoms. The van der Waals surface area contributed by atoms with Crippen LogP contribution in [0.4, 0.5) is 0 Å². The standard InChI is InChI=1S/C56H37N5S/c1-3-15-41(49-17-5-9-27-57-49)39(13-1)36-21-24-53-45(31-36)46-32-37(40-14-2-4-16-42(40)50-18-6-10-28-58-50)22-25-54(46)61(53)38-23-26-55-47(33-38)48-34-43(51-19-7-11-29-59-51)44(35-56(48)62-55)52-20-8-12-30-60-52/h1-18,20-35,51H,19H2. The molecule has 1 aliphatic heterocycles. The smallest absolute Gasteiger partial charge is 0.0790 e. The van der Waals surface area contributed by atoms with E-state index in [1.165, 1.54) is 36.5 Å². The topological polar surface area (TPSA) is 56.0 Å². The van der Waals surface area contributed by atoms with E-state index in [-0.39, 0.29) is 6.04 Å². The zero-order valence-electron chi connectivity index (χ0n) is 33.6. The van der Waals surface area contributed by atoms with Crippen molar-refractivity contribution in [2.24, 2.45) is 4.99 Å². The minimum atomic E-state index is 0.0332. The number of thiophene rings is 1. The highest BCUT2D eigenvalue weighted by Crippen LogP contribution is 2.44. The number of dihydropyridines is 1. The van der Waals surface area contributed by atoms with Crippen molar-refractivity contribution in [3.63, 3.8) is 0 Å².